The fourth-order valence-corrected chi connectivity index (χ4v) is 5.70. The molecule has 2 heterocycles. The molecule has 1 aliphatic carbocycles. The van der Waals surface area contributed by atoms with Crippen LogP contribution in [0.25, 0.3) is 0 Å². The zero-order valence-corrected chi connectivity index (χ0v) is 13.3. The molecular weight excluding hydrogens is 298 g/mol. The van der Waals surface area contributed by atoms with E-state index in [1.54, 1.807) is 0 Å². The minimum atomic E-state index is -3.34. The highest BCUT2D eigenvalue weighted by Crippen LogP contribution is 2.44. The minimum Gasteiger partial charge on any atom is -0.382 e. The Labute approximate surface area is 123 Å². The maximum absolute atomic E-state index is 12.6. The van der Waals surface area contributed by atoms with E-state index in [0.29, 0.717) is 24.8 Å². The number of hydrogen-bond acceptors (Lipinski definition) is 7. The Morgan fingerprint density at radius 2 is 2.15 bits per heavy atom. The highest BCUT2D eigenvalue weighted by Gasteiger charge is 2.43. The lowest BCUT2D eigenvalue weighted by Crippen LogP contribution is -2.53. The number of rotatable bonds is 3. The van der Waals surface area contributed by atoms with Crippen molar-refractivity contribution in [1.82, 2.24) is 4.37 Å². The number of nitrogen functional groups attached to an aromatic ring is 1. The second kappa shape index (κ2) is 4.57. The summed E-state index contributed by atoms with van der Waals surface area (Å²) >= 11 is 1.17. The first-order valence-corrected chi connectivity index (χ1v) is 9.00. The number of sulfone groups is 1. The summed E-state index contributed by atoms with van der Waals surface area (Å²) in [6.45, 7) is 5.88. The minimum absolute atomic E-state index is 0.138. The van der Waals surface area contributed by atoms with Crippen molar-refractivity contribution in [2.24, 2.45) is 0 Å². The average Bonchev–Trinajstić information content (AvgIpc) is 3.13. The van der Waals surface area contributed by atoms with Gasteiger partial charge in [-0.2, -0.15) is 4.37 Å². The molecule has 6 nitrogen and oxygen atoms in total. The molecule has 0 radical (unpaired) electrons. The first-order valence-electron chi connectivity index (χ1n) is 6.68. The van der Waals surface area contributed by atoms with Gasteiger partial charge in [-0.3, -0.25) is 0 Å². The maximum Gasteiger partial charge on any atom is 0.187 e. The number of nitrogens with two attached hydrogens (primary N) is 1. The number of anilines is 2. The lowest BCUT2D eigenvalue weighted by molar-refractivity contribution is 0.0645. The molecule has 0 unspecified atom stereocenters. The Kier molecular flexibility index (Phi) is 3.22. The van der Waals surface area contributed by atoms with E-state index in [1.165, 1.54) is 11.5 Å². The molecule has 1 aliphatic heterocycles. The predicted molar refractivity (Wildman–Crippen MR) is 79.0 cm³/mol. The molecule has 0 spiro atoms. The van der Waals surface area contributed by atoms with Gasteiger partial charge >= 0.3 is 0 Å². The van der Waals surface area contributed by atoms with E-state index in [9.17, 15) is 8.42 Å². The van der Waals surface area contributed by atoms with Gasteiger partial charge in [0.2, 0.25) is 0 Å². The van der Waals surface area contributed by atoms with Crippen LogP contribution in [0.1, 0.15) is 26.7 Å². The third-order valence-corrected chi connectivity index (χ3v) is 7.13. The first-order chi connectivity index (χ1) is 9.34. The van der Waals surface area contributed by atoms with Crippen molar-refractivity contribution in [3.8, 4) is 0 Å². The Hall–Kier alpha value is -0.860. The largest absolute Gasteiger partial charge is 0.382 e. The van der Waals surface area contributed by atoms with E-state index in [4.69, 9.17) is 10.5 Å². The summed E-state index contributed by atoms with van der Waals surface area (Å²) in [5.74, 6) is 0.138. The normalized spacial score (nSPS) is 23.0. The number of morpholine rings is 1. The highest BCUT2D eigenvalue weighted by atomic mass is 32.2. The van der Waals surface area contributed by atoms with Crippen molar-refractivity contribution in [2.75, 3.05) is 30.4 Å². The lowest BCUT2D eigenvalue weighted by atomic mass is 10.0. The summed E-state index contributed by atoms with van der Waals surface area (Å²) in [5, 5.41) is 0.395. The second-order valence-electron chi connectivity index (χ2n) is 5.96. The van der Waals surface area contributed by atoms with Crippen LogP contribution in [-0.4, -0.2) is 43.3 Å². The van der Waals surface area contributed by atoms with E-state index in [1.807, 2.05) is 13.8 Å². The van der Waals surface area contributed by atoms with Gasteiger partial charge in [-0.1, -0.05) is 0 Å². The Morgan fingerprint density at radius 1 is 1.45 bits per heavy atom. The van der Waals surface area contributed by atoms with Crippen molar-refractivity contribution >= 4 is 32.2 Å². The molecule has 1 saturated carbocycles. The maximum atomic E-state index is 12.6. The van der Waals surface area contributed by atoms with Crippen LogP contribution in [-0.2, 0) is 14.6 Å². The molecule has 1 aromatic heterocycles. The van der Waals surface area contributed by atoms with E-state index in [0.717, 1.165) is 12.8 Å². The number of nitrogens with zero attached hydrogens (tertiary/aromatic N) is 2. The molecule has 0 aromatic carbocycles. The standard InChI is InChI=1S/C12H19N3O3S2/c1-12(2)7-18-6-5-15(12)11-9(10(13)14-19-11)20(16,17)8-3-4-8/h8H,3-7H2,1-2H3,(H2,13,14). The van der Waals surface area contributed by atoms with Crippen LogP contribution >= 0.6 is 11.5 Å². The summed E-state index contributed by atoms with van der Waals surface area (Å²) in [6.07, 6.45) is 1.45. The van der Waals surface area contributed by atoms with Gasteiger partial charge in [0.25, 0.3) is 0 Å². The molecular formula is C12H19N3O3S2. The van der Waals surface area contributed by atoms with Crippen LogP contribution in [0.2, 0.25) is 0 Å². The quantitative estimate of drug-likeness (QED) is 0.904. The van der Waals surface area contributed by atoms with Crippen molar-refractivity contribution < 1.29 is 13.2 Å². The molecule has 2 aliphatic rings. The van der Waals surface area contributed by atoms with Crippen LogP contribution in [0, 0.1) is 0 Å². The molecule has 2 N–H and O–H groups in total. The van der Waals surface area contributed by atoms with Crippen LogP contribution in [0.3, 0.4) is 0 Å². The number of hydrogen-bond donors (Lipinski definition) is 1. The summed E-state index contributed by atoms with van der Waals surface area (Å²) in [6, 6.07) is 0. The van der Waals surface area contributed by atoms with E-state index >= 15 is 0 Å². The van der Waals surface area contributed by atoms with Crippen LogP contribution < -0.4 is 10.6 Å². The lowest BCUT2D eigenvalue weighted by Gasteiger charge is -2.43. The van der Waals surface area contributed by atoms with Crippen molar-refractivity contribution in [3.63, 3.8) is 0 Å². The van der Waals surface area contributed by atoms with Gasteiger partial charge in [0.05, 0.1) is 24.0 Å². The average molecular weight is 317 g/mol. The number of ether oxygens (including phenoxy) is 1. The Balaban J connectivity index is 2.07. The van der Waals surface area contributed by atoms with Gasteiger partial charge in [-0.25, -0.2) is 8.42 Å². The molecule has 112 valence electrons. The molecule has 1 aromatic rings. The smallest absolute Gasteiger partial charge is 0.187 e. The summed E-state index contributed by atoms with van der Waals surface area (Å²) in [7, 11) is -3.34. The second-order valence-corrected chi connectivity index (χ2v) is 8.88. The van der Waals surface area contributed by atoms with Crippen LogP contribution in [0.15, 0.2) is 4.90 Å². The third-order valence-electron chi connectivity index (χ3n) is 3.80. The van der Waals surface area contributed by atoms with E-state index in [2.05, 4.69) is 9.27 Å². The Morgan fingerprint density at radius 3 is 2.75 bits per heavy atom. The zero-order valence-electron chi connectivity index (χ0n) is 11.6. The first kappa shape index (κ1) is 14.1. The Bertz CT molecular complexity index is 620. The van der Waals surface area contributed by atoms with Gasteiger partial charge in [0.1, 0.15) is 9.90 Å². The van der Waals surface area contributed by atoms with Crippen LogP contribution in [0.5, 0.6) is 0 Å². The van der Waals surface area contributed by atoms with Crippen molar-refractivity contribution in [3.05, 3.63) is 0 Å². The van der Waals surface area contributed by atoms with E-state index < -0.39 is 9.84 Å². The summed E-state index contributed by atoms with van der Waals surface area (Å²) in [5.41, 5.74) is 5.59. The third kappa shape index (κ3) is 2.19. The molecule has 0 bridgehead atoms. The van der Waals surface area contributed by atoms with Gasteiger partial charge in [0, 0.05) is 6.54 Å². The van der Waals surface area contributed by atoms with Gasteiger partial charge < -0.3 is 15.4 Å². The molecule has 3 rings (SSSR count). The molecule has 20 heavy (non-hydrogen) atoms. The predicted octanol–water partition coefficient (Wildman–Crippen LogP) is 1.28. The molecule has 8 heteroatoms. The monoisotopic (exact) mass is 317 g/mol. The number of aromatic nitrogens is 1. The molecule has 2 fully saturated rings. The fourth-order valence-electron chi connectivity index (χ4n) is 2.50. The molecule has 1 saturated heterocycles. The SMILES string of the molecule is CC1(C)COCCN1c1snc(N)c1S(=O)(=O)C1CC1. The summed E-state index contributed by atoms with van der Waals surface area (Å²) in [4.78, 5) is 2.31. The molecule has 0 amide bonds. The van der Waals surface area contributed by atoms with Crippen molar-refractivity contribution in [2.45, 2.75) is 42.4 Å². The van der Waals surface area contributed by atoms with E-state index in [-0.39, 0.29) is 21.5 Å². The van der Waals surface area contributed by atoms with Crippen LogP contribution in [0.4, 0.5) is 10.8 Å². The zero-order chi connectivity index (χ0) is 14.5. The molecule has 0 atom stereocenters. The highest BCUT2D eigenvalue weighted by molar-refractivity contribution is 7.92. The van der Waals surface area contributed by atoms with Gasteiger partial charge in [-0.15, -0.1) is 0 Å². The van der Waals surface area contributed by atoms with Crippen molar-refractivity contribution in [1.29, 1.82) is 0 Å². The van der Waals surface area contributed by atoms with Gasteiger partial charge in [-0.05, 0) is 38.2 Å². The summed E-state index contributed by atoms with van der Waals surface area (Å²) < 4.78 is 34.7. The topological polar surface area (TPSA) is 85.5 Å². The van der Waals surface area contributed by atoms with Gasteiger partial charge in [0.15, 0.2) is 15.7 Å². The fraction of sp³-hybridized carbons (Fsp3) is 0.750.